The largest absolute Gasteiger partial charge is 0.463 e. The molecule has 1 unspecified atom stereocenters. The minimum atomic E-state index is -0.826. The third kappa shape index (κ3) is 4.50. The van der Waals surface area contributed by atoms with E-state index in [1.54, 1.807) is 19.9 Å². The van der Waals surface area contributed by atoms with E-state index in [0.29, 0.717) is 17.0 Å². The van der Waals surface area contributed by atoms with Crippen LogP contribution in [0.15, 0.2) is 46.8 Å². The van der Waals surface area contributed by atoms with Crippen molar-refractivity contribution in [2.45, 2.75) is 19.8 Å². The second-order valence-corrected chi connectivity index (χ2v) is 6.84. The molecule has 10 heteroatoms. The number of carbonyl (C=O) groups excluding carboxylic acids is 1. The van der Waals surface area contributed by atoms with E-state index in [0.717, 1.165) is 11.8 Å². The Balaban J connectivity index is 2.68. The van der Waals surface area contributed by atoms with Crippen LogP contribution in [-0.2, 0) is 9.53 Å². The smallest absolute Gasteiger partial charge is 0.336 e. The Morgan fingerprint density at radius 2 is 2.25 bits per heavy atom. The normalized spacial score (nSPS) is 16.2. The number of nitro benzene ring substituents is 1. The summed E-state index contributed by atoms with van der Waals surface area (Å²) in [6, 6.07) is 7.91. The zero-order valence-electron chi connectivity index (χ0n) is 15.3. The predicted octanol–water partition coefficient (Wildman–Crippen LogP) is 2.52. The Kier molecular flexibility index (Phi) is 6.79. The van der Waals surface area contributed by atoms with Crippen molar-refractivity contribution in [1.82, 2.24) is 5.32 Å². The number of carbonyl (C=O) groups is 1. The SMILES string of the molecule is CCOC(=O)C1=C(CSC(=N)N)NC(C)=C(C#N)C1c1cccc([N+](=O)[O-])c1. The lowest BCUT2D eigenvalue weighted by Crippen LogP contribution is -2.31. The lowest BCUT2D eigenvalue weighted by molar-refractivity contribution is -0.384. The highest BCUT2D eigenvalue weighted by Gasteiger charge is 2.36. The highest BCUT2D eigenvalue weighted by atomic mass is 32.2. The number of nitrogens with one attached hydrogen (secondary N) is 2. The van der Waals surface area contributed by atoms with Crippen LogP contribution in [0.2, 0.25) is 0 Å². The van der Waals surface area contributed by atoms with Gasteiger partial charge in [0.05, 0.1) is 34.7 Å². The van der Waals surface area contributed by atoms with Crippen molar-refractivity contribution < 1.29 is 14.5 Å². The molecule has 1 aromatic carbocycles. The summed E-state index contributed by atoms with van der Waals surface area (Å²) in [5, 5.41) is 31.2. The van der Waals surface area contributed by atoms with Crippen molar-refractivity contribution >= 4 is 28.6 Å². The molecule has 1 aromatic rings. The molecule has 1 aliphatic rings. The van der Waals surface area contributed by atoms with Gasteiger partial charge in [-0.3, -0.25) is 15.5 Å². The molecule has 1 heterocycles. The Bertz CT molecular complexity index is 932. The Morgan fingerprint density at radius 1 is 1.54 bits per heavy atom. The zero-order chi connectivity index (χ0) is 20.8. The molecule has 146 valence electrons. The summed E-state index contributed by atoms with van der Waals surface area (Å²) in [6.45, 7) is 3.47. The fourth-order valence-electron chi connectivity index (χ4n) is 2.91. The van der Waals surface area contributed by atoms with Gasteiger partial charge in [-0.05, 0) is 19.4 Å². The van der Waals surface area contributed by atoms with Crippen LogP contribution in [0.1, 0.15) is 25.3 Å². The number of hydrogen-bond donors (Lipinski definition) is 3. The molecule has 1 aliphatic heterocycles. The van der Waals surface area contributed by atoms with Crippen molar-refractivity contribution in [3.63, 3.8) is 0 Å². The lowest BCUT2D eigenvalue weighted by Gasteiger charge is -2.29. The van der Waals surface area contributed by atoms with E-state index in [1.165, 1.54) is 18.2 Å². The Hall–Kier alpha value is -3.32. The minimum absolute atomic E-state index is 0.127. The number of nitrogens with two attached hydrogens (primary N) is 1. The molecular weight excluding hydrogens is 382 g/mol. The van der Waals surface area contributed by atoms with E-state index < -0.39 is 16.8 Å². The average molecular weight is 401 g/mol. The molecular formula is C18H19N5O4S. The molecule has 0 radical (unpaired) electrons. The fourth-order valence-corrected chi connectivity index (χ4v) is 3.44. The van der Waals surface area contributed by atoms with Crippen LogP contribution in [0.3, 0.4) is 0 Å². The number of nitriles is 1. The number of amidine groups is 1. The van der Waals surface area contributed by atoms with Crippen molar-refractivity contribution in [2.75, 3.05) is 12.4 Å². The number of thioether (sulfide) groups is 1. The summed E-state index contributed by atoms with van der Waals surface area (Å²) >= 11 is 1.01. The fraction of sp³-hybridized carbons (Fsp3) is 0.278. The van der Waals surface area contributed by atoms with Crippen molar-refractivity contribution in [2.24, 2.45) is 5.73 Å². The van der Waals surface area contributed by atoms with Gasteiger partial charge in [0.1, 0.15) is 0 Å². The van der Waals surface area contributed by atoms with Crippen LogP contribution in [0.25, 0.3) is 0 Å². The van der Waals surface area contributed by atoms with Gasteiger partial charge in [0.2, 0.25) is 0 Å². The van der Waals surface area contributed by atoms with Crippen LogP contribution in [0.5, 0.6) is 0 Å². The van der Waals surface area contributed by atoms with Gasteiger partial charge in [0, 0.05) is 29.3 Å². The Labute approximate surface area is 165 Å². The second-order valence-electron chi connectivity index (χ2n) is 5.83. The number of rotatable bonds is 6. The minimum Gasteiger partial charge on any atom is -0.463 e. The lowest BCUT2D eigenvalue weighted by atomic mass is 9.81. The number of benzene rings is 1. The Morgan fingerprint density at radius 3 is 2.82 bits per heavy atom. The van der Waals surface area contributed by atoms with E-state index >= 15 is 0 Å². The van der Waals surface area contributed by atoms with Crippen LogP contribution in [0.4, 0.5) is 5.69 Å². The van der Waals surface area contributed by atoms with E-state index in [9.17, 15) is 20.2 Å². The first-order valence-electron chi connectivity index (χ1n) is 8.29. The molecule has 4 N–H and O–H groups in total. The molecule has 28 heavy (non-hydrogen) atoms. The predicted molar refractivity (Wildman–Crippen MR) is 105 cm³/mol. The molecule has 0 fully saturated rings. The third-order valence-corrected chi connectivity index (χ3v) is 4.79. The molecule has 0 amide bonds. The molecule has 0 aliphatic carbocycles. The summed E-state index contributed by atoms with van der Waals surface area (Å²) in [4.78, 5) is 23.4. The van der Waals surface area contributed by atoms with E-state index in [2.05, 4.69) is 11.4 Å². The monoisotopic (exact) mass is 401 g/mol. The molecule has 0 bridgehead atoms. The highest BCUT2D eigenvalue weighted by Crippen LogP contribution is 2.39. The number of nitrogens with zero attached hydrogens (tertiary/aromatic N) is 2. The third-order valence-electron chi connectivity index (χ3n) is 4.05. The van der Waals surface area contributed by atoms with Crippen molar-refractivity contribution in [3.8, 4) is 6.07 Å². The van der Waals surface area contributed by atoms with E-state index in [4.69, 9.17) is 15.9 Å². The van der Waals surface area contributed by atoms with Gasteiger partial charge in [-0.15, -0.1) is 0 Å². The summed E-state index contributed by atoms with van der Waals surface area (Å²) in [6.07, 6.45) is 0. The molecule has 0 saturated carbocycles. The van der Waals surface area contributed by atoms with Crippen LogP contribution in [-0.4, -0.2) is 28.4 Å². The molecule has 0 aromatic heterocycles. The molecule has 1 atom stereocenters. The highest BCUT2D eigenvalue weighted by molar-refractivity contribution is 8.13. The summed E-state index contributed by atoms with van der Waals surface area (Å²) < 4.78 is 5.18. The molecule has 0 saturated heterocycles. The number of nitro groups is 1. The van der Waals surface area contributed by atoms with Crippen LogP contribution < -0.4 is 11.1 Å². The molecule has 2 rings (SSSR count). The first-order valence-corrected chi connectivity index (χ1v) is 9.27. The number of dihydropyridines is 1. The summed E-state index contributed by atoms with van der Waals surface area (Å²) in [7, 11) is 0. The molecule has 0 spiro atoms. The first-order chi connectivity index (χ1) is 13.3. The number of hydrogen-bond acceptors (Lipinski definition) is 8. The van der Waals surface area contributed by atoms with Gasteiger partial charge in [0.15, 0.2) is 5.17 Å². The number of allylic oxidation sites excluding steroid dienone is 2. The van der Waals surface area contributed by atoms with Gasteiger partial charge < -0.3 is 15.8 Å². The topological polar surface area (TPSA) is 155 Å². The quantitative estimate of drug-likeness (QED) is 0.216. The maximum absolute atomic E-state index is 12.7. The van der Waals surface area contributed by atoms with Gasteiger partial charge >= 0.3 is 5.97 Å². The van der Waals surface area contributed by atoms with Crippen molar-refractivity contribution in [3.05, 3.63) is 62.5 Å². The first kappa shape index (κ1) is 21.0. The maximum Gasteiger partial charge on any atom is 0.336 e. The number of esters is 1. The average Bonchev–Trinajstić information content (AvgIpc) is 2.65. The summed E-state index contributed by atoms with van der Waals surface area (Å²) in [5.41, 5.74) is 7.12. The van der Waals surface area contributed by atoms with Gasteiger partial charge in [-0.25, -0.2) is 4.79 Å². The second kappa shape index (κ2) is 9.05. The van der Waals surface area contributed by atoms with Gasteiger partial charge in [-0.1, -0.05) is 23.9 Å². The van der Waals surface area contributed by atoms with Gasteiger partial charge in [-0.2, -0.15) is 5.26 Å². The van der Waals surface area contributed by atoms with Crippen LogP contribution in [0, 0.1) is 26.9 Å². The maximum atomic E-state index is 12.7. The number of non-ortho nitro benzene ring substituents is 1. The standard InChI is InChI=1S/C18H19N5O4S/c1-3-27-17(24)16-14(9-28-18(20)21)22-10(2)13(8-19)15(16)11-5-4-6-12(7-11)23(25)26/h4-7,15,22H,3,9H2,1-2H3,(H3,20,21). The molecule has 9 nitrogen and oxygen atoms in total. The zero-order valence-corrected chi connectivity index (χ0v) is 16.1. The van der Waals surface area contributed by atoms with Crippen LogP contribution >= 0.6 is 11.8 Å². The van der Waals surface area contributed by atoms with E-state index in [1.807, 2.05) is 0 Å². The van der Waals surface area contributed by atoms with Crippen molar-refractivity contribution in [1.29, 1.82) is 10.7 Å². The van der Waals surface area contributed by atoms with Gasteiger partial charge in [0.25, 0.3) is 5.69 Å². The van der Waals surface area contributed by atoms with E-state index in [-0.39, 0.29) is 34.4 Å². The summed E-state index contributed by atoms with van der Waals surface area (Å²) in [5.74, 6) is -1.27. The number of ether oxygens (including phenoxy) is 1.